The summed E-state index contributed by atoms with van der Waals surface area (Å²) >= 11 is 0.799. The Balaban J connectivity index is 3.37. The van der Waals surface area contributed by atoms with Crippen molar-refractivity contribution in [2.45, 2.75) is 62.7 Å². The van der Waals surface area contributed by atoms with Crippen LogP contribution in [0.5, 0.6) is 0 Å². The van der Waals surface area contributed by atoms with Crippen LogP contribution in [0.1, 0.15) is 27.2 Å². The van der Waals surface area contributed by atoms with Gasteiger partial charge in [-0.15, -0.1) is 11.8 Å². The highest BCUT2D eigenvalue weighted by molar-refractivity contribution is 8.00. The van der Waals surface area contributed by atoms with E-state index in [2.05, 4.69) is 21.3 Å². The second-order valence-corrected chi connectivity index (χ2v) is 9.36. The van der Waals surface area contributed by atoms with Gasteiger partial charge in [0.05, 0.1) is 25.1 Å². The number of rotatable bonds is 5. The van der Waals surface area contributed by atoms with Crippen molar-refractivity contribution < 1.29 is 39.0 Å². The van der Waals surface area contributed by atoms with E-state index in [0.717, 1.165) is 11.8 Å². The molecule has 192 valence electrons. The zero-order chi connectivity index (χ0) is 26.2. The van der Waals surface area contributed by atoms with Gasteiger partial charge in [0.2, 0.25) is 29.5 Å². The minimum absolute atomic E-state index is 0.181. The van der Waals surface area contributed by atoms with Crippen molar-refractivity contribution in [3.8, 4) is 0 Å². The van der Waals surface area contributed by atoms with Crippen LogP contribution in [0.2, 0.25) is 0 Å². The molecular weight excluding hydrogens is 472 g/mol. The molecule has 0 aromatic heterocycles. The molecule has 6 atom stereocenters. The Morgan fingerprint density at radius 3 is 2.06 bits per heavy atom. The lowest BCUT2D eigenvalue weighted by molar-refractivity contribution is -0.138. The van der Waals surface area contributed by atoms with E-state index in [4.69, 9.17) is 11.5 Å². The number of hydrogen-bond donors (Lipinski definition) is 8. The molecule has 1 heterocycles. The smallest absolute Gasteiger partial charge is 0.318 e. The van der Waals surface area contributed by atoms with Gasteiger partial charge in [0.15, 0.2) is 0 Å². The molecule has 5 amide bonds. The van der Waals surface area contributed by atoms with Crippen molar-refractivity contribution >= 4 is 47.3 Å². The van der Waals surface area contributed by atoms with E-state index in [-0.39, 0.29) is 5.75 Å². The fourth-order valence-electron chi connectivity index (χ4n) is 3.03. The molecule has 0 bridgehead atoms. The number of carbonyl (C=O) groups excluding carboxylic acids is 5. The van der Waals surface area contributed by atoms with Gasteiger partial charge in [-0.2, -0.15) is 0 Å². The zero-order valence-corrected chi connectivity index (χ0v) is 19.9. The Labute approximate surface area is 200 Å². The highest BCUT2D eigenvalue weighted by Crippen LogP contribution is 2.22. The molecule has 1 rings (SSSR count). The lowest BCUT2D eigenvalue weighted by atomic mass is 9.99. The summed E-state index contributed by atoms with van der Waals surface area (Å²) in [6.07, 6.45) is -0.575. The van der Waals surface area contributed by atoms with E-state index in [9.17, 15) is 39.0 Å². The third kappa shape index (κ3) is 8.46. The standard InChI is InChI=1S/C19H32N6O8S/c1-7(2)13-14(19(32)33)34-6-9(20)16(29)24-11(5-26)18(31)22-8(3)15(28)23-10(4-12(21)27)17(30)25-13/h7-11,13-14,26H,4-6,20H2,1-3H3,(H2,21,27)(H,22,31)(H,23,28)(H,24,29)(H,25,30)(H,32,33)/t8?,9-,10-,11?,13?,14?/m0/s1. The number of nitrogens with two attached hydrogens (primary N) is 2. The van der Waals surface area contributed by atoms with E-state index >= 15 is 0 Å². The van der Waals surface area contributed by atoms with Crippen LogP contribution in [0.15, 0.2) is 0 Å². The topological polar surface area (TPSA) is 243 Å². The van der Waals surface area contributed by atoms with Crippen LogP contribution in [0, 0.1) is 5.92 Å². The van der Waals surface area contributed by atoms with E-state index in [1.165, 1.54) is 6.92 Å². The minimum Gasteiger partial charge on any atom is -0.480 e. The number of amides is 5. The first-order valence-electron chi connectivity index (χ1n) is 10.5. The molecule has 14 nitrogen and oxygen atoms in total. The van der Waals surface area contributed by atoms with E-state index in [1.54, 1.807) is 13.8 Å². The molecule has 4 unspecified atom stereocenters. The number of aliphatic carboxylic acids is 1. The molecule has 1 saturated heterocycles. The Morgan fingerprint density at radius 1 is 1.00 bits per heavy atom. The molecule has 0 radical (unpaired) electrons. The second-order valence-electron chi connectivity index (χ2n) is 8.18. The van der Waals surface area contributed by atoms with Crippen molar-refractivity contribution in [2.75, 3.05) is 12.4 Å². The number of aliphatic hydroxyl groups excluding tert-OH is 1. The first-order valence-corrected chi connectivity index (χ1v) is 11.5. The average molecular weight is 505 g/mol. The predicted molar refractivity (Wildman–Crippen MR) is 121 cm³/mol. The summed E-state index contributed by atoms with van der Waals surface area (Å²) in [5.41, 5.74) is 11.0. The molecular formula is C19H32N6O8S. The Hall–Kier alpha value is -2.91. The average Bonchev–Trinajstić information content (AvgIpc) is 2.74. The van der Waals surface area contributed by atoms with Crippen molar-refractivity contribution in [2.24, 2.45) is 17.4 Å². The van der Waals surface area contributed by atoms with Gasteiger partial charge in [-0.3, -0.25) is 28.8 Å². The van der Waals surface area contributed by atoms with Gasteiger partial charge < -0.3 is 42.9 Å². The van der Waals surface area contributed by atoms with Crippen molar-refractivity contribution in [3.05, 3.63) is 0 Å². The van der Waals surface area contributed by atoms with Crippen LogP contribution in [0.25, 0.3) is 0 Å². The number of carboxylic acid groups (broad SMARTS) is 1. The second kappa shape index (κ2) is 13.1. The Bertz CT molecular complexity index is 810. The molecule has 0 spiro atoms. The summed E-state index contributed by atoms with van der Waals surface area (Å²) in [6.45, 7) is 3.81. The molecule has 1 fully saturated rings. The van der Waals surface area contributed by atoms with Crippen LogP contribution in [0.3, 0.4) is 0 Å². The number of carbonyl (C=O) groups is 6. The Kier molecular flexibility index (Phi) is 11.2. The summed E-state index contributed by atoms with van der Waals surface area (Å²) in [5.74, 6) is -6.18. The van der Waals surface area contributed by atoms with Crippen LogP contribution < -0.4 is 32.7 Å². The quantitative estimate of drug-likeness (QED) is 0.180. The minimum atomic E-state index is -1.44. The van der Waals surface area contributed by atoms with E-state index in [0.29, 0.717) is 0 Å². The van der Waals surface area contributed by atoms with Gasteiger partial charge in [0.25, 0.3) is 0 Å². The zero-order valence-electron chi connectivity index (χ0n) is 19.1. The number of primary amides is 1. The molecule has 1 aliphatic rings. The number of aliphatic hydroxyl groups is 1. The molecule has 15 heteroatoms. The van der Waals surface area contributed by atoms with Crippen LogP contribution in [0.4, 0.5) is 0 Å². The summed E-state index contributed by atoms with van der Waals surface area (Å²) in [5, 5.41) is 27.4. The van der Waals surface area contributed by atoms with Crippen molar-refractivity contribution in [3.63, 3.8) is 0 Å². The first-order chi connectivity index (χ1) is 15.8. The predicted octanol–water partition coefficient (Wildman–Crippen LogP) is -4.00. The molecule has 10 N–H and O–H groups in total. The number of carboxylic acids is 1. The number of hydrogen-bond acceptors (Lipinski definition) is 9. The number of nitrogens with one attached hydrogen (secondary N) is 4. The SMILES string of the molecule is CC1NC(=O)C(CO)NC(=O)[C@@H](N)CSC(C(=O)O)C(C(C)C)NC(=O)[C@H](CC(N)=O)NC1=O. The third-order valence-corrected chi connectivity index (χ3v) is 6.40. The monoisotopic (exact) mass is 504 g/mol. The fourth-order valence-corrected chi connectivity index (χ4v) is 4.33. The highest BCUT2D eigenvalue weighted by atomic mass is 32.2. The third-order valence-electron chi connectivity index (χ3n) is 4.99. The molecule has 0 aromatic rings. The summed E-state index contributed by atoms with van der Waals surface area (Å²) in [4.78, 5) is 73.7. The van der Waals surface area contributed by atoms with Gasteiger partial charge >= 0.3 is 5.97 Å². The number of thioether (sulfide) groups is 1. The molecule has 0 aromatic carbocycles. The summed E-state index contributed by atoms with van der Waals surface area (Å²) in [7, 11) is 0. The van der Waals surface area contributed by atoms with E-state index in [1.807, 2.05) is 0 Å². The van der Waals surface area contributed by atoms with Gasteiger partial charge in [-0.05, 0) is 12.8 Å². The summed E-state index contributed by atoms with van der Waals surface area (Å²) in [6, 6.07) is -6.31. The maximum absolute atomic E-state index is 12.9. The molecule has 0 aliphatic carbocycles. The lowest BCUT2D eigenvalue weighted by Crippen LogP contribution is -2.60. The van der Waals surface area contributed by atoms with Crippen molar-refractivity contribution in [1.29, 1.82) is 0 Å². The van der Waals surface area contributed by atoms with Crippen LogP contribution >= 0.6 is 11.8 Å². The fraction of sp³-hybridized carbons (Fsp3) is 0.684. The molecule has 0 saturated carbocycles. The maximum Gasteiger partial charge on any atom is 0.318 e. The van der Waals surface area contributed by atoms with Gasteiger partial charge in [0.1, 0.15) is 23.4 Å². The highest BCUT2D eigenvalue weighted by Gasteiger charge is 2.36. The van der Waals surface area contributed by atoms with Crippen molar-refractivity contribution in [1.82, 2.24) is 21.3 Å². The first kappa shape index (κ1) is 29.1. The molecule has 1 aliphatic heterocycles. The van der Waals surface area contributed by atoms with Crippen LogP contribution in [-0.4, -0.2) is 93.5 Å². The van der Waals surface area contributed by atoms with Gasteiger partial charge in [-0.25, -0.2) is 0 Å². The largest absolute Gasteiger partial charge is 0.480 e. The van der Waals surface area contributed by atoms with Gasteiger partial charge in [-0.1, -0.05) is 13.8 Å². The van der Waals surface area contributed by atoms with E-state index < -0.39 is 89.9 Å². The Morgan fingerprint density at radius 2 is 1.56 bits per heavy atom. The van der Waals surface area contributed by atoms with Crippen LogP contribution in [-0.2, 0) is 28.8 Å². The van der Waals surface area contributed by atoms with Gasteiger partial charge in [0, 0.05) is 5.75 Å². The lowest BCUT2D eigenvalue weighted by Gasteiger charge is -2.31. The molecule has 34 heavy (non-hydrogen) atoms. The summed E-state index contributed by atoms with van der Waals surface area (Å²) < 4.78 is 0. The normalized spacial score (nSPS) is 30.1. The maximum atomic E-state index is 12.9.